The van der Waals surface area contributed by atoms with E-state index < -0.39 is 18.0 Å². The van der Waals surface area contributed by atoms with E-state index in [0.717, 1.165) is 16.9 Å². The van der Waals surface area contributed by atoms with Crippen LogP contribution in [0.3, 0.4) is 0 Å². The maximum absolute atomic E-state index is 12.8. The van der Waals surface area contributed by atoms with Crippen LogP contribution in [-0.2, 0) is 11.3 Å². The highest BCUT2D eigenvalue weighted by atomic mass is 32.1. The summed E-state index contributed by atoms with van der Waals surface area (Å²) < 4.78 is 5.17. The molecule has 10 heteroatoms. The fourth-order valence-electron chi connectivity index (χ4n) is 2.91. The van der Waals surface area contributed by atoms with Crippen molar-refractivity contribution in [3.05, 3.63) is 51.2 Å². The van der Waals surface area contributed by atoms with Gasteiger partial charge in [-0.2, -0.15) is 0 Å². The Morgan fingerprint density at radius 2 is 2.17 bits per heavy atom. The van der Waals surface area contributed by atoms with Gasteiger partial charge in [-0.1, -0.05) is 17.9 Å². The Labute approximate surface area is 176 Å². The first-order valence-corrected chi connectivity index (χ1v) is 9.61. The summed E-state index contributed by atoms with van der Waals surface area (Å²) in [6.07, 6.45) is 0.251. The molecule has 0 unspecified atom stereocenters. The van der Waals surface area contributed by atoms with Gasteiger partial charge in [0, 0.05) is 12.1 Å². The summed E-state index contributed by atoms with van der Waals surface area (Å²) in [5.74, 6) is 5.56. The van der Waals surface area contributed by atoms with Gasteiger partial charge in [-0.25, -0.2) is 4.79 Å². The number of urea groups is 1. The van der Waals surface area contributed by atoms with Gasteiger partial charge < -0.3 is 20.7 Å². The number of rotatable bonds is 6. The van der Waals surface area contributed by atoms with Crippen molar-refractivity contribution in [2.24, 2.45) is 5.73 Å². The van der Waals surface area contributed by atoms with E-state index in [0.29, 0.717) is 27.6 Å². The first-order chi connectivity index (χ1) is 14.4. The number of nitrogens with one attached hydrogen (secondary N) is 2. The van der Waals surface area contributed by atoms with Crippen molar-refractivity contribution in [1.82, 2.24) is 15.5 Å². The number of thiophene rings is 1. The number of nitrogens with zero attached hydrogens (tertiary/aromatic N) is 1. The number of imide groups is 1. The van der Waals surface area contributed by atoms with Crippen LogP contribution in [0.2, 0.25) is 0 Å². The number of carbonyl (C=O) groups excluding carboxylic acids is 4. The van der Waals surface area contributed by atoms with Crippen LogP contribution in [0, 0.1) is 11.8 Å². The number of ether oxygens (including phenoxy) is 1. The lowest BCUT2D eigenvalue weighted by Gasteiger charge is -2.20. The highest BCUT2D eigenvalue weighted by Crippen LogP contribution is 2.26. The molecular weight excluding hydrogens is 408 g/mol. The number of primary amides is 1. The molecule has 1 aromatic heterocycles. The van der Waals surface area contributed by atoms with Crippen LogP contribution in [0.4, 0.5) is 4.79 Å². The van der Waals surface area contributed by atoms with Gasteiger partial charge in [-0.3, -0.25) is 19.7 Å². The molecule has 1 aromatic carbocycles. The summed E-state index contributed by atoms with van der Waals surface area (Å²) >= 11 is 1.12. The minimum atomic E-state index is -0.760. The Morgan fingerprint density at radius 1 is 1.37 bits per heavy atom. The number of carbonyl (C=O) groups is 4. The number of amides is 5. The van der Waals surface area contributed by atoms with Gasteiger partial charge in [0.1, 0.15) is 11.8 Å². The lowest BCUT2D eigenvalue weighted by Crippen LogP contribution is -2.46. The lowest BCUT2D eigenvalue weighted by molar-refractivity contribution is -0.108. The summed E-state index contributed by atoms with van der Waals surface area (Å²) in [5, 5.41) is 4.54. The predicted molar refractivity (Wildman–Crippen MR) is 109 cm³/mol. The Morgan fingerprint density at radius 3 is 2.83 bits per heavy atom. The van der Waals surface area contributed by atoms with Crippen LogP contribution in [0.15, 0.2) is 30.3 Å². The molecule has 1 aliphatic heterocycles. The van der Waals surface area contributed by atoms with Gasteiger partial charge in [0.15, 0.2) is 0 Å². The Bertz CT molecular complexity index is 1070. The van der Waals surface area contributed by atoms with Gasteiger partial charge in [-0.15, -0.1) is 11.3 Å². The monoisotopic (exact) mass is 426 g/mol. The fraction of sp³-hybridized carbons (Fsp3) is 0.200. The second kappa shape index (κ2) is 9.11. The van der Waals surface area contributed by atoms with Gasteiger partial charge in [0.25, 0.3) is 11.8 Å². The molecule has 1 atom stereocenters. The third-order valence-corrected chi connectivity index (χ3v) is 5.33. The van der Waals surface area contributed by atoms with E-state index >= 15 is 0 Å². The van der Waals surface area contributed by atoms with Gasteiger partial charge >= 0.3 is 6.03 Å². The molecule has 9 nitrogen and oxygen atoms in total. The average Bonchev–Trinajstić information content (AvgIpc) is 3.31. The maximum atomic E-state index is 12.8. The molecule has 0 spiro atoms. The second-order valence-corrected chi connectivity index (χ2v) is 7.38. The molecule has 30 heavy (non-hydrogen) atoms. The topological polar surface area (TPSA) is 131 Å². The molecule has 5 amide bonds. The molecular formula is C20H18N4O5S. The van der Waals surface area contributed by atoms with E-state index in [9.17, 15) is 19.2 Å². The zero-order valence-corrected chi connectivity index (χ0v) is 16.7. The predicted octanol–water partition coefficient (Wildman–Crippen LogP) is 0.687. The lowest BCUT2D eigenvalue weighted by atomic mass is 10.1. The van der Waals surface area contributed by atoms with Crippen molar-refractivity contribution in [1.29, 1.82) is 0 Å². The molecule has 2 aromatic rings. The van der Waals surface area contributed by atoms with Crippen molar-refractivity contribution in [3.8, 4) is 17.6 Å². The highest BCUT2D eigenvalue weighted by Gasteiger charge is 2.29. The number of fused-ring (bicyclic) bond motifs is 1. The minimum Gasteiger partial charge on any atom is -0.497 e. The van der Waals surface area contributed by atoms with Crippen LogP contribution < -0.4 is 21.1 Å². The normalized spacial score (nSPS) is 13.0. The van der Waals surface area contributed by atoms with Crippen molar-refractivity contribution in [2.45, 2.75) is 12.6 Å². The smallest absolute Gasteiger partial charge is 0.322 e. The van der Waals surface area contributed by atoms with E-state index in [1.54, 1.807) is 29.2 Å². The first kappa shape index (κ1) is 20.9. The standard InChI is InChI=1S/C20H18N4O5S/c1-29-14-4-2-12-9-24(19(27)16(12)8-14)10-13(23-20(28)22-11-25)3-5-15-6-7-17(30-15)18(21)26/h2,4,6-8,11,13H,9-10H2,1H3,(H2,21,26)(H2,22,23,25,28)/t13-/m1/s1. The number of hydrogen-bond acceptors (Lipinski definition) is 6. The fourth-order valence-corrected chi connectivity index (χ4v) is 3.63. The molecule has 0 aliphatic carbocycles. The summed E-state index contributed by atoms with van der Waals surface area (Å²) in [5.41, 5.74) is 6.61. The van der Waals surface area contributed by atoms with E-state index in [2.05, 4.69) is 17.2 Å². The van der Waals surface area contributed by atoms with Crippen LogP contribution >= 0.6 is 11.3 Å². The van der Waals surface area contributed by atoms with Crippen LogP contribution in [0.25, 0.3) is 0 Å². The van der Waals surface area contributed by atoms with Gasteiger partial charge in [0.05, 0.1) is 23.4 Å². The van der Waals surface area contributed by atoms with Gasteiger partial charge in [-0.05, 0) is 29.8 Å². The molecule has 0 radical (unpaired) electrons. The van der Waals surface area contributed by atoms with Gasteiger partial charge in [0.2, 0.25) is 6.41 Å². The van der Waals surface area contributed by atoms with E-state index in [1.807, 2.05) is 11.4 Å². The number of methoxy groups -OCH3 is 1. The summed E-state index contributed by atoms with van der Waals surface area (Å²) in [6, 6.07) is 6.97. The molecule has 0 saturated carbocycles. The summed E-state index contributed by atoms with van der Waals surface area (Å²) in [6.45, 7) is 0.460. The van der Waals surface area contributed by atoms with Crippen LogP contribution in [0.5, 0.6) is 5.75 Å². The van der Waals surface area contributed by atoms with Crippen molar-refractivity contribution in [3.63, 3.8) is 0 Å². The third kappa shape index (κ3) is 4.76. The van der Waals surface area contributed by atoms with E-state index in [4.69, 9.17) is 10.5 Å². The first-order valence-electron chi connectivity index (χ1n) is 8.79. The third-order valence-electron chi connectivity index (χ3n) is 4.31. The Hall–Kier alpha value is -3.84. The highest BCUT2D eigenvalue weighted by molar-refractivity contribution is 7.14. The minimum absolute atomic E-state index is 0.100. The molecule has 3 rings (SSSR count). The molecule has 0 saturated heterocycles. The molecule has 2 heterocycles. The SMILES string of the molecule is COc1ccc2c(c1)C(=O)N(C[C@@H](C#Cc1ccc(C(N)=O)s1)NC(=O)NC=O)C2. The Kier molecular flexibility index (Phi) is 6.34. The average molecular weight is 426 g/mol. The van der Waals surface area contributed by atoms with Crippen molar-refractivity contribution < 1.29 is 23.9 Å². The molecule has 0 fully saturated rings. The van der Waals surface area contributed by atoms with Crippen molar-refractivity contribution in [2.75, 3.05) is 13.7 Å². The number of benzene rings is 1. The molecule has 4 N–H and O–H groups in total. The molecule has 1 aliphatic rings. The number of hydrogen-bond donors (Lipinski definition) is 3. The largest absolute Gasteiger partial charge is 0.497 e. The van der Waals surface area contributed by atoms with E-state index in [1.165, 1.54) is 7.11 Å². The number of nitrogens with two attached hydrogens (primary N) is 1. The summed E-state index contributed by atoms with van der Waals surface area (Å²) in [7, 11) is 1.52. The molecule has 0 bridgehead atoms. The van der Waals surface area contributed by atoms with E-state index in [-0.39, 0.29) is 18.9 Å². The van der Waals surface area contributed by atoms with Crippen LogP contribution in [-0.4, -0.2) is 48.9 Å². The zero-order valence-electron chi connectivity index (χ0n) is 15.9. The molecule has 154 valence electrons. The second-order valence-electron chi connectivity index (χ2n) is 6.29. The van der Waals surface area contributed by atoms with Crippen LogP contribution in [0.1, 0.15) is 30.5 Å². The maximum Gasteiger partial charge on any atom is 0.322 e. The zero-order chi connectivity index (χ0) is 21.7. The Balaban J connectivity index is 1.78. The summed E-state index contributed by atoms with van der Waals surface area (Å²) in [4.78, 5) is 48.8. The van der Waals surface area contributed by atoms with Crippen molar-refractivity contribution >= 4 is 35.6 Å². The quantitative estimate of drug-likeness (QED) is 0.462.